The molecule has 1 aromatic heterocycles. The van der Waals surface area contributed by atoms with Crippen LogP contribution >= 0.6 is 15.9 Å². The molecule has 0 amide bonds. The Bertz CT molecular complexity index is 471. The molecular weight excluding hydrogens is 276 g/mol. The molecule has 2 rings (SSSR count). The topological polar surface area (TPSA) is 24.9 Å². The van der Waals surface area contributed by atoms with Crippen molar-refractivity contribution in [2.75, 3.05) is 0 Å². The average Bonchev–Trinajstić information content (AvgIpc) is 2.37. The van der Waals surface area contributed by atoms with Gasteiger partial charge in [0.15, 0.2) is 0 Å². The first-order chi connectivity index (χ1) is 8.25. The van der Waals surface area contributed by atoms with Gasteiger partial charge in [0.05, 0.1) is 0 Å². The van der Waals surface area contributed by atoms with Crippen LogP contribution in [-0.2, 0) is 6.54 Å². The largest absolute Gasteiger partial charge is 0.306 e. The third-order valence-electron chi connectivity index (χ3n) is 2.67. The lowest BCUT2D eigenvalue weighted by Crippen LogP contribution is -2.18. The van der Waals surface area contributed by atoms with E-state index in [4.69, 9.17) is 0 Å². The molecule has 0 aliphatic rings. The number of nitrogens with zero attached hydrogens (tertiary/aromatic N) is 1. The summed E-state index contributed by atoms with van der Waals surface area (Å²) < 4.78 is 1.02. The van der Waals surface area contributed by atoms with E-state index in [2.05, 4.69) is 63.5 Å². The van der Waals surface area contributed by atoms with Gasteiger partial charge in [-0.15, -0.1) is 0 Å². The van der Waals surface area contributed by atoms with Crippen LogP contribution < -0.4 is 5.32 Å². The molecule has 1 N–H and O–H groups in total. The Morgan fingerprint density at radius 2 is 2.00 bits per heavy atom. The van der Waals surface area contributed by atoms with E-state index in [1.165, 1.54) is 11.1 Å². The standard InChI is InChI=1S/C14H15BrN2/c1-11(13-5-3-2-4-6-13)17-9-12-7-14(15)10-16-8-12/h2-8,10-11,17H,9H2,1H3. The molecule has 3 heteroatoms. The van der Waals surface area contributed by atoms with Crippen molar-refractivity contribution < 1.29 is 0 Å². The minimum Gasteiger partial charge on any atom is -0.306 e. The van der Waals surface area contributed by atoms with Crippen LogP contribution in [0, 0.1) is 0 Å². The van der Waals surface area contributed by atoms with Gasteiger partial charge in [-0.1, -0.05) is 30.3 Å². The van der Waals surface area contributed by atoms with Crippen LogP contribution in [-0.4, -0.2) is 4.98 Å². The summed E-state index contributed by atoms with van der Waals surface area (Å²) >= 11 is 3.42. The molecule has 0 bridgehead atoms. The van der Waals surface area contributed by atoms with Gasteiger partial charge in [0, 0.05) is 29.5 Å². The summed E-state index contributed by atoms with van der Waals surface area (Å²) in [6.07, 6.45) is 3.68. The second-order valence-electron chi connectivity index (χ2n) is 4.02. The Morgan fingerprint density at radius 3 is 2.71 bits per heavy atom. The highest BCUT2D eigenvalue weighted by Gasteiger charge is 2.03. The highest BCUT2D eigenvalue weighted by molar-refractivity contribution is 9.10. The van der Waals surface area contributed by atoms with Gasteiger partial charge in [0.2, 0.25) is 0 Å². The summed E-state index contributed by atoms with van der Waals surface area (Å²) in [6.45, 7) is 2.99. The number of aromatic nitrogens is 1. The maximum Gasteiger partial charge on any atom is 0.0410 e. The third kappa shape index (κ3) is 3.65. The SMILES string of the molecule is CC(NCc1cncc(Br)c1)c1ccccc1. The molecule has 17 heavy (non-hydrogen) atoms. The molecule has 0 radical (unpaired) electrons. The van der Waals surface area contributed by atoms with E-state index in [1.54, 1.807) is 6.20 Å². The first-order valence-electron chi connectivity index (χ1n) is 5.63. The summed E-state index contributed by atoms with van der Waals surface area (Å²) in [4.78, 5) is 4.15. The quantitative estimate of drug-likeness (QED) is 0.929. The number of hydrogen-bond donors (Lipinski definition) is 1. The van der Waals surface area contributed by atoms with Gasteiger partial charge in [-0.2, -0.15) is 0 Å². The molecule has 0 saturated carbocycles. The Hall–Kier alpha value is -1.19. The molecule has 88 valence electrons. The van der Waals surface area contributed by atoms with E-state index in [1.807, 2.05) is 12.3 Å². The first-order valence-corrected chi connectivity index (χ1v) is 6.43. The molecule has 1 heterocycles. The number of pyridine rings is 1. The molecule has 0 fully saturated rings. The normalized spacial score (nSPS) is 12.4. The van der Waals surface area contributed by atoms with Crippen LogP contribution in [0.5, 0.6) is 0 Å². The highest BCUT2D eigenvalue weighted by Crippen LogP contribution is 2.13. The smallest absolute Gasteiger partial charge is 0.0410 e. The Morgan fingerprint density at radius 1 is 1.24 bits per heavy atom. The average molecular weight is 291 g/mol. The fourth-order valence-corrected chi connectivity index (χ4v) is 2.10. The summed E-state index contributed by atoms with van der Waals surface area (Å²) in [5.41, 5.74) is 2.48. The van der Waals surface area contributed by atoms with Crippen molar-refractivity contribution in [3.8, 4) is 0 Å². The molecule has 0 aliphatic carbocycles. The summed E-state index contributed by atoms with van der Waals surface area (Å²) in [5, 5.41) is 3.48. The fourth-order valence-electron chi connectivity index (χ4n) is 1.68. The van der Waals surface area contributed by atoms with Gasteiger partial charge in [-0.3, -0.25) is 4.98 Å². The Labute approximate surface area is 110 Å². The van der Waals surface area contributed by atoms with Gasteiger partial charge in [-0.25, -0.2) is 0 Å². The third-order valence-corrected chi connectivity index (χ3v) is 3.11. The number of hydrogen-bond acceptors (Lipinski definition) is 2. The van der Waals surface area contributed by atoms with Crippen molar-refractivity contribution in [2.24, 2.45) is 0 Å². The van der Waals surface area contributed by atoms with Crippen LogP contribution in [0.1, 0.15) is 24.1 Å². The molecule has 0 spiro atoms. The van der Waals surface area contributed by atoms with Crippen molar-refractivity contribution in [1.29, 1.82) is 0 Å². The summed E-state index contributed by atoms with van der Waals surface area (Å²) in [6, 6.07) is 12.9. The van der Waals surface area contributed by atoms with Crippen molar-refractivity contribution >= 4 is 15.9 Å². The second kappa shape index (κ2) is 5.94. The zero-order valence-electron chi connectivity index (χ0n) is 9.73. The molecule has 2 nitrogen and oxygen atoms in total. The monoisotopic (exact) mass is 290 g/mol. The lowest BCUT2D eigenvalue weighted by atomic mass is 10.1. The number of benzene rings is 1. The molecule has 2 aromatic rings. The Balaban J connectivity index is 1.95. The lowest BCUT2D eigenvalue weighted by molar-refractivity contribution is 0.574. The minimum absolute atomic E-state index is 0.343. The maximum absolute atomic E-state index is 4.15. The number of halogens is 1. The first kappa shape index (κ1) is 12.3. The molecule has 1 aromatic carbocycles. The fraction of sp³-hybridized carbons (Fsp3) is 0.214. The minimum atomic E-state index is 0.343. The van der Waals surface area contributed by atoms with Crippen LogP contribution in [0.15, 0.2) is 53.3 Å². The molecular formula is C14H15BrN2. The van der Waals surface area contributed by atoms with E-state index in [9.17, 15) is 0 Å². The van der Waals surface area contributed by atoms with Crippen LogP contribution in [0.3, 0.4) is 0 Å². The molecule has 1 unspecified atom stereocenters. The molecule has 0 saturated heterocycles. The van der Waals surface area contributed by atoms with Gasteiger partial charge >= 0.3 is 0 Å². The van der Waals surface area contributed by atoms with Crippen LogP contribution in [0.2, 0.25) is 0 Å². The van der Waals surface area contributed by atoms with E-state index in [-0.39, 0.29) is 0 Å². The van der Waals surface area contributed by atoms with Gasteiger partial charge in [-0.05, 0) is 40.0 Å². The van der Waals surface area contributed by atoms with E-state index < -0.39 is 0 Å². The number of nitrogens with one attached hydrogen (secondary N) is 1. The van der Waals surface area contributed by atoms with Gasteiger partial charge in [0.25, 0.3) is 0 Å². The Kier molecular flexibility index (Phi) is 4.29. The summed E-state index contributed by atoms with van der Waals surface area (Å²) in [5.74, 6) is 0. The van der Waals surface area contributed by atoms with Crippen LogP contribution in [0.4, 0.5) is 0 Å². The van der Waals surface area contributed by atoms with E-state index in [0.29, 0.717) is 6.04 Å². The molecule has 0 aliphatic heterocycles. The highest BCUT2D eigenvalue weighted by atomic mass is 79.9. The van der Waals surface area contributed by atoms with Crippen molar-refractivity contribution in [1.82, 2.24) is 10.3 Å². The number of rotatable bonds is 4. The van der Waals surface area contributed by atoms with E-state index >= 15 is 0 Å². The summed E-state index contributed by atoms with van der Waals surface area (Å²) in [7, 11) is 0. The molecule has 1 atom stereocenters. The lowest BCUT2D eigenvalue weighted by Gasteiger charge is -2.14. The second-order valence-corrected chi connectivity index (χ2v) is 4.94. The maximum atomic E-state index is 4.15. The predicted octanol–water partition coefficient (Wildman–Crippen LogP) is 3.69. The zero-order valence-corrected chi connectivity index (χ0v) is 11.3. The predicted molar refractivity (Wildman–Crippen MR) is 73.6 cm³/mol. The van der Waals surface area contributed by atoms with Crippen molar-refractivity contribution in [3.63, 3.8) is 0 Å². The van der Waals surface area contributed by atoms with E-state index in [0.717, 1.165) is 11.0 Å². The zero-order chi connectivity index (χ0) is 12.1. The van der Waals surface area contributed by atoms with Crippen molar-refractivity contribution in [2.45, 2.75) is 19.5 Å². The van der Waals surface area contributed by atoms with Crippen molar-refractivity contribution in [3.05, 3.63) is 64.4 Å². The van der Waals surface area contributed by atoms with Crippen LogP contribution in [0.25, 0.3) is 0 Å². The van der Waals surface area contributed by atoms with Gasteiger partial charge < -0.3 is 5.32 Å². The van der Waals surface area contributed by atoms with Gasteiger partial charge in [0.1, 0.15) is 0 Å².